The van der Waals surface area contributed by atoms with Crippen LogP contribution in [0.25, 0.3) is 0 Å². The number of benzene rings is 6. The van der Waals surface area contributed by atoms with Crippen molar-refractivity contribution in [3.8, 4) is 0 Å². The van der Waals surface area contributed by atoms with Crippen LogP contribution >= 0.6 is 46.6 Å². The molecule has 30 heteroatoms. The van der Waals surface area contributed by atoms with E-state index >= 15 is 0 Å². The molecule has 0 radical (unpaired) electrons. The van der Waals surface area contributed by atoms with Crippen molar-refractivity contribution in [3.63, 3.8) is 0 Å². The number of likely N-dealkylation sites (N-methyl/N-ethyl adjacent to an activating group) is 1. The van der Waals surface area contributed by atoms with E-state index in [9.17, 15) is 46.3 Å². The number of thioether (sulfide) groups is 1. The topological polar surface area (TPSA) is 321 Å². The van der Waals surface area contributed by atoms with Gasteiger partial charge < -0.3 is 52.3 Å². The molecule has 99 heavy (non-hydrogen) atoms. The number of carbonyl (C=O) groups excluding carboxylic acids is 6. The maximum absolute atomic E-state index is 14.9. The molecule has 0 spiro atoms. The molecule has 11 N–H and O–H groups in total. The number of halogens is 7. The van der Waals surface area contributed by atoms with Crippen LogP contribution in [0.2, 0.25) is 15.1 Å². The first kappa shape index (κ1) is 72.2. The summed E-state index contributed by atoms with van der Waals surface area (Å²) in [7, 11) is 2.02. The summed E-state index contributed by atoms with van der Waals surface area (Å²) in [4.78, 5) is 94.1. The second-order valence-corrected chi connectivity index (χ2v) is 24.2. The summed E-state index contributed by atoms with van der Waals surface area (Å²) in [5, 5.41) is 40.6. The number of nitrogen functional groups attached to an aromatic ring is 1. The number of rotatable bonds is 15. The van der Waals surface area contributed by atoms with E-state index in [2.05, 4.69) is 51.8 Å². The first-order chi connectivity index (χ1) is 47.5. The Morgan fingerprint density at radius 1 is 0.414 bits per heavy atom. The highest BCUT2D eigenvalue weighted by atomic mass is 35.5. The predicted molar refractivity (Wildman–Crippen MR) is 377 cm³/mol. The van der Waals surface area contributed by atoms with Crippen molar-refractivity contribution in [1.82, 2.24) is 29.7 Å². The van der Waals surface area contributed by atoms with E-state index < -0.39 is 58.7 Å². The maximum atomic E-state index is 14.9. The Morgan fingerprint density at radius 3 is 1.15 bits per heavy atom. The number of carbonyl (C=O) groups is 6. The third kappa shape index (κ3) is 19.6. The molecule has 3 aromatic heterocycles. The number of anilines is 6. The van der Waals surface area contributed by atoms with Gasteiger partial charge in [-0.05, 0) is 122 Å². The highest BCUT2D eigenvalue weighted by Gasteiger charge is 2.25. The van der Waals surface area contributed by atoms with Crippen LogP contribution in [-0.4, -0.2) is 140 Å². The predicted octanol–water partition coefficient (Wildman–Crippen LogP) is 12.5. The number of amides is 6. The quantitative estimate of drug-likeness (QED) is 0.0259. The summed E-state index contributed by atoms with van der Waals surface area (Å²) in [5.41, 5.74) is 6.10. The van der Waals surface area contributed by atoms with Gasteiger partial charge in [0.2, 0.25) is 0 Å². The zero-order valence-corrected chi connectivity index (χ0v) is 55.2. The zero-order chi connectivity index (χ0) is 70.9. The molecule has 6 amide bonds. The number of aromatic nitrogens is 3. The van der Waals surface area contributed by atoms with Crippen LogP contribution in [0.5, 0.6) is 0 Å². The Bertz CT molecular complexity index is 4550. The highest BCUT2D eigenvalue weighted by Crippen LogP contribution is 2.26. The normalized spacial score (nSPS) is 12.6. The van der Waals surface area contributed by atoms with Gasteiger partial charge in [0.05, 0.1) is 65.5 Å². The SMILES string of the molecule is CN1CCN(C(=N)c2ccc(C(=O)Nc3ccccc3C(=O)Nc3ccc(Cl)cn3)c(F)c2)CC1.N=C(N)c1ccc(C(=O)Nc2ccc(F)cc2C(=O)Nc2ccc(Cl)cn2)c(F)c1.N=C(c1ccc(C(=O)Nc2ccccc2C(=O)Nc2ccc(Cl)cn2)c(F)c1)N1CCSCC1. The lowest BCUT2D eigenvalue weighted by atomic mass is 10.1. The third-order valence-electron chi connectivity index (χ3n) is 14.9. The lowest BCUT2D eigenvalue weighted by molar-refractivity contribution is 0.100. The van der Waals surface area contributed by atoms with Crippen molar-refractivity contribution in [3.05, 3.63) is 265 Å². The molecule has 0 atom stereocenters. The summed E-state index contributed by atoms with van der Waals surface area (Å²) in [5.74, 6) is -4.38. The monoisotopic (exact) mass is 1420 g/mol. The van der Waals surface area contributed by atoms with Crippen molar-refractivity contribution in [2.75, 3.05) is 89.7 Å². The van der Waals surface area contributed by atoms with E-state index in [0.717, 1.165) is 62.0 Å². The van der Waals surface area contributed by atoms with Gasteiger partial charge in [0.15, 0.2) is 0 Å². The van der Waals surface area contributed by atoms with E-state index in [0.29, 0.717) is 50.9 Å². The molecule has 11 rings (SSSR count). The minimum Gasteiger partial charge on any atom is -0.384 e. The number of nitrogens with two attached hydrogens (primary N) is 1. The van der Waals surface area contributed by atoms with E-state index in [1.165, 1.54) is 73.2 Å². The van der Waals surface area contributed by atoms with Crippen LogP contribution in [0, 0.1) is 39.5 Å². The van der Waals surface area contributed by atoms with Gasteiger partial charge in [0.25, 0.3) is 35.4 Å². The summed E-state index contributed by atoms with van der Waals surface area (Å²) < 4.78 is 57.7. The largest absolute Gasteiger partial charge is 0.384 e. The van der Waals surface area contributed by atoms with Gasteiger partial charge in [0.1, 0.15) is 58.2 Å². The van der Waals surface area contributed by atoms with E-state index in [-0.39, 0.29) is 79.3 Å². The number of para-hydroxylation sites is 2. The smallest absolute Gasteiger partial charge is 0.259 e. The maximum Gasteiger partial charge on any atom is 0.259 e. The van der Waals surface area contributed by atoms with Gasteiger partial charge in [-0.25, -0.2) is 32.5 Å². The number of amidine groups is 3. The number of nitrogens with one attached hydrogen (secondary N) is 9. The van der Waals surface area contributed by atoms with Crippen molar-refractivity contribution in [1.29, 1.82) is 16.2 Å². The van der Waals surface area contributed by atoms with E-state index in [1.807, 2.05) is 28.6 Å². The molecule has 2 aliphatic heterocycles. The van der Waals surface area contributed by atoms with Gasteiger partial charge in [-0.15, -0.1) is 0 Å². The fourth-order valence-corrected chi connectivity index (χ4v) is 10.8. The molecule has 0 saturated carbocycles. The van der Waals surface area contributed by atoms with E-state index in [1.54, 1.807) is 78.9 Å². The number of nitrogens with zero attached hydrogens (tertiary/aromatic N) is 6. The van der Waals surface area contributed by atoms with Crippen molar-refractivity contribution in [2.45, 2.75) is 0 Å². The average Bonchev–Trinajstić information content (AvgIpc) is 0.900. The van der Waals surface area contributed by atoms with Gasteiger partial charge in [-0.3, -0.25) is 45.0 Å². The molecular formula is C69H59Cl3F4N16O6S. The van der Waals surface area contributed by atoms with Crippen LogP contribution < -0.4 is 37.6 Å². The summed E-state index contributed by atoms with van der Waals surface area (Å²) >= 11 is 19.2. The molecule has 2 saturated heterocycles. The van der Waals surface area contributed by atoms with Crippen molar-refractivity contribution < 1.29 is 46.3 Å². The molecule has 2 aliphatic rings. The minimum atomic E-state index is -0.904. The number of hydrogen-bond acceptors (Lipinski definition) is 14. The molecule has 0 unspecified atom stereocenters. The van der Waals surface area contributed by atoms with Gasteiger partial charge in [0, 0.05) is 86.1 Å². The Morgan fingerprint density at radius 2 is 0.768 bits per heavy atom. The molecule has 0 bridgehead atoms. The van der Waals surface area contributed by atoms with Crippen molar-refractivity contribution >= 4 is 134 Å². The minimum absolute atomic E-state index is 0.0390. The average molecular weight is 1420 g/mol. The lowest BCUT2D eigenvalue weighted by Gasteiger charge is -2.34. The second kappa shape index (κ2) is 33.7. The van der Waals surface area contributed by atoms with Crippen molar-refractivity contribution in [2.24, 2.45) is 5.73 Å². The van der Waals surface area contributed by atoms with Crippen LogP contribution in [-0.2, 0) is 0 Å². The standard InChI is InChI=1S/C25H24ClFN6O2.C24H21ClFN5O2S.C20H14ClF2N5O2/c1-32-10-12-33(13-11-32)23(28)16-6-8-18(20(27)14-16)24(34)30-21-5-3-2-4-19(21)25(35)31-22-9-7-17(26)15-29-22;25-16-6-8-21(28-14-16)30-24(33)18-3-1-2-4-20(18)29-23(32)17-7-5-15(13-19(17)26)22(27)31-9-11-34-12-10-31;21-11-2-6-17(26-9-11)28-20(30)14-8-12(22)3-5-16(14)27-19(29)13-4-1-10(18(24)25)7-15(13)23/h2-9,14-15,28H,10-13H2,1H3,(H,30,34)(H,29,31,35);1-8,13-14,27H,9-12H2,(H,29,32)(H,28,30,33);1-9H,(H3,24,25)(H,27,29)(H,26,28,30). The van der Waals surface area contributed by atoms with E-state index in [4.69, 9.17) is 56.8 Å². The first-order valence-electron chi connectivity index (χ1n) is 29.9. The molecule has 6 aromatic carbocycles. The Labute approximate surface area is 583 Å². The second-order valence-electron chi connectivity index (χ2n) is 21.7. The number of hydrogen-bond donors (Lipinski definition) is 10. The third-order valence-corrected chi connectivity index (χ3v) is 16.5. The summed E-state index contributed by atoms with van der Waals surface area (Å²) in [6.45, 7) is 4.49. The number of piperazine rings is 1. The molecule has 22 nitrogen and oxygen atoms in total. The molecule has 5 heterocycles. The van der Waals surface area contributed by atoms with Crippen LogP contribution in [0.3, 0.4) is 0 Å². The van der Waals surface area contributed by atoms with Crippen LogP contribution in [0.15, 0.2) is 176 Å². The Kier molecular flexibility index (Phi) is 24.6. The summed E-state index contributed by atoms with van der Waals surface area (Å²) in [6.07, 6.45) is 4.13. The highest BCUT2D eigenvalue weighted by molar-refractivity contribution is 7.99. The molecule has 9 aromatic rings. The fraction of sp³-hybridized carbons (Fsp3) is 0.130. The molecule has 2 fully saturated rings. The molecular weight excluding hydrogens is 1360 g/mol. The molecule has 506 valence electrons. The lowest BCUT2D eigenvalue weighted by Crippen LogP contribution is -2.47. The Balaban J connectivity index is 0.000000174. The Hall–Kier alpha value is -11.1. The molecule has 0 aliphatic carbocycles. The summed E-state index contributed by atoms with van der Waals surface area (Å²) in [6, 6.07) is 36.8. The van der Waals surface area contributed by atoms with Gasteiger partial charge >= 0.3 is 0 Å². The number of pyridine rings is 3. The fourth-order valence-electron chi connectivity index (χ4n) is 9.60. The zero-order valence-electron chi connectivity index (χ0n) is 52.2. The van der Waals surface area contributed by atoms with Crippen LogP contribution in [0.1, 0.15) is 78.8 Å². The van der Waals surface area contributed by atoms with Crippen LogP contribution in [0.4, 0.5) is 52.1 Å². The first-order valence-corrected chi connectivity index (χ1v) is 32.1. The van der Waals surface area contributed by atoms with Gasteiger partial charge in [-0.1, -0.05) is 77.3 Å². The van der Waals surface area contributed by atoms with Gasteiger partial charge in [-0.2, -0.15) is 11.8 Å².